The summed E-state index contributed by atoms with van der Waals surface area (Å²) in [5.41, 5.74) is 6.34. The van der Waals surface area contributed by atoms with Crippen molar-refractivity contribution in [2.45, 2.75) is 37.7 Å². The van der Waals surface area contributed by atoms with Crippen molar-refractivity contribution in [2.24, 2.45) is 5.92 Å². The molecule has 140 valence electrons. The van der Waals surface area contributed by atoms with Crippen molar-refractivity contribution in [1.29, 1.82) is 0 Å². The molecule has 0 bridgehead atoms. The highest BCUT2D eigenvalue weighted by atomic mass is 32.2. The van der Waals surface area contributed by atoms with Crippen LogP contribution in [0.15, 0.2) is 34.2 Å². The minimum absolute atomic E-state index is 0.0351. The van der Waals surface area contributed by atoms with E-state index in [1.165, 1.54) is 11.8 Å². The number of fused-ring (bicyclic) bond motifs is 3. The van der Waals surface area contributed by atoms with Crippen molar-refractivity contribution >= 4 is 34.4 Å². The number of para-hydroxylation sites is 1. The van der Waals surface area contributed by atoms with Crippen LogP contribution >= 0.6 is 11.8 Å². The Morgan fingerprint density at radius 1 is 1.26 bits per heavy atom. The number of H-pyrrole nitrogens is 1. The Hall–Kier alpha value is -2.88. The van der Waals surface area contributed by atoms with E-state index in [9.17, 15) is 4.79 Å². The second-order valence-electron chi connectivity index (χ2n) is 6.70. The molecule has 0 spiro atoms. The smallest absolute Gasteiger partial charge is 0.262 e. The van der Waals surface area contributed by atoms with Crippen molar-refractivity contribution in [1.82, 2.24) is 34.3 Å². The molecule has 0 unspecified atom stereocenters. The number of nitrogens with two attached hydrogens (primary N) is 1. The average Bonchev–Trinajstić information content (AvgIpc) is 3.26. The number of aromatic amines is 1. The van der Waals surface area contributed by atoms with Gasteiger partial charge in [0, 0.05) is 6.54 Å². The van der Waals surface area contributed by atoms with Gasteiger partial charge in [0.25, 0.3) is 5.56 Å². The fraction of sp³-hybridized carbons (Fsp3) is 0.353. The Morgan fingerprint density at radius 3 is 2.81 bits per heavy atom. The first-order valence-electron chi connectivity index (χ1n) is 8.71. The molecule has 4 rings (SSSR count). The molecule has 0 atom stereocenters. The van der Waals surface area contributed by atoms with Crippen LogP contribution < -0.4 is 11.3 Å². The third-order valence-electron chi connectivity index (χ3n) is 4.32. The summed E-state index contributed by atoms with van der Waals surface area (Å²) in [7, 11) is 0. The van der Waals surface area contributed by atoms with Crippen molar-refractivity contribution in [2.75, 3.05) is 5.73 Å². The molecule has 0 fully saturated rings. The number of hydrogen-bond donors (Lipinski definition) is 2. The molecular formula is C17H20N8OS. The zero-order valence-electron chi connectivity index (χ0n) is 15.1. The van der Waals surface area contributed by atoms with Gasteiger partial charge in [-0.3, -0.25) is 13.8 Å². The fourth-order valence-electron chi connectivity index (χ4n) is 2.95. The number of nitrogen functional groups attached to an aromatic ring is 1. The Kier molecular flexibility index (Phi) is 4.56. The van der Waals surface area contributed by atoms with Crippen LogP contribution in [0.3, 0.4) is 0 Å². The normalized spacial score (nSPS) is 11.8. The molecule has 9 nitrogen and oxygen atoms in total. The third kappa shape index (κ3) is 3.27. The molecule has 4 aromatic rings. The van der Waals surface area contributed by atoms with Crippen LogP contribution in [0.1, 0.15) is 26.1 Å². The Balaban J connectivity index is 1.82. The summed E-state index contributed by atoms with van der Waals surface area (Å²) in [4.78, 5) is 17.1. The highest BCUT2D eigenvalue weighted by Gasteiger charge is 2.17. The summed E-state index contributed by atoms with van der Waals surface area (Å²) in [6.07, 6.45) is 0.890. The van der Waals surface area contributed by atoms with Crippen LogP contribution in [-0.2, 0) is 12.3 Å². The maximum absolute atomic E-state index is 13.0. The fourth-order valence-corrected chi connectivity index (χ4v) is 3.67. The predicted octanol–water partition coefficient (Wildman–Crippen LogP) is 2.08. The summed E-state index contributed by atoms with van der Waals surface area (Å²) in [5.74, 6) is 2.55. The molecule has 27 heavy (non-hydrogen) atoms. The van der Waals surface area contributed by atoms with Gasteiger partial charge in [0.05, 0.1) is 16.7 Å². The quantitative estimate of drug-likeness (QED) is 0.488. The van der Waals surface area contributed by atoms with Crippen LogP contribution in [0.2, 0.25) is 0 Å². The first-order chi connectivity index (χ1) is 13.0. The van der Waals surface area contributed by atoms with E-state index in [1.54, 1.807) is 4.57 Å². The largest absolute Gasteiger partial charge is 0.368 e. The molecule has 3 N–H and O–H groups in total. The van der Waals surface area contributed by atoms with E-state index in [4.69, 9.17) is 5.73 Å². The summed E-state index contributed by atoms with van der Waals surface area (Å²) in [6.45, 7) is 4.88. The molecule has 0 amide bonds. The Morgan fingerprint density at radius 2 is 2.07 bits per heavy atom. The molecule has 0 aliphatic carbocycles. The van der Waals surface area contributed by atoms with Gasteiger partial charge in [-0.1, -0.05) is 37.7 Å². The van der Waals surface area contributed by atoms with E-state index in [0.717, 1.165) is 17.8 Å². The summed E-state index contributed by atoms with van der Waals surface area (Å²) < 4.78 is 3.66. The van der Waals surface area contributed by atoms with Gasteiger partial charge in [0.15, 0.2) is 0 Å². The SMILES string of the molecule is CC(C)CCn1c(=O)c2ccccc2n2c(CSc3n[nH]c(N)n3)nnc12. The van der Waals surface area contributed by atoms with Gasteiger partial charge >= 0.3 is 0 Å². The zero-order chi connectivity index (χ0) is 19.0. The van der Waals surface area contributed by atoms with Crippen LogP contribution in [0, 0.1) is 5.92 Å². The molecule has 0 saturated heterocycles. The van der Waals surface area contributed by atoms with Gasteiger partial charge in [-0.15, -0.1) is 15.3 Å². The van der Waals surface area contributed by atoms with Gasteiger partial charge in [0.2, 0.25) is 16.9 Å². The van der Waals surface area contributed by atoms with Crippen LogP contribution in [0.5, 0.6) is 0 Å². The van der Waals surface area contributed by atoms with Crippen LogP contribution in [0.4, 0.5) is 5.95 Å². The third-order valence-corrected chi connectivity index (χ3v) is 5.16. The van der Waals surface area contributed by atoms with Gasteiger partial charge < -0.3 is 5.73 Å². The number of hydrogen-bond acceptors (Lipinski definition) is 7. The summed E-state index contributed by atoms with van der Waals surface area (Å²) in [6, 6.07) is 7.54. The minimum atomic E-state index is -0.0351. The minimum Gasteiger partial charge on any atom is -0.368 e. The molecule has 3 aromatic heterocycles. The Bertz CT molecular complexity index is 1160. The van der Waals surface area contributed by atoms with Gasteiger partial charge in [-0.05, 0) is 24.5 Å². The highest BCUT2D eigenvalue weighted by Crippen LogP contribution is 2.21. The lowest BCUT2D eigenvalue weighted by atomic mass is 10.1. The number of rotatable bonds is 6. The molecular weight excluding hydrogens is 364 g/mol. The maximum atomic E-state index is 13.0. The van der Waals surface area contributed by atoms with E-state index in [0.29, 0.717) is 34.5 Å². The molecule has 3 heterocycles. The maximum Gasteiger partial charge on any atom is 0.262 e. The topological polar surface area (TPSA) is 120 Å². The first-order valence-corrected chi connectivity index (χ1v) is 9.69. The number of aryl methyl sites for hydroxylation is 1. The number of benzene rings is 1. The van der Waals surface area contributed by atoms with E-state index >= 15 is 0 Å². The molecule has 10 heteroatoms. The number of aromatic nitrogens is 7. The second kappa shape index (κ2) is 7.03. The molecule has 0 radical (unpaired) electrons. The number of anilines is 1. The Labute approximate surface area is 159 Å². The molecule has 0 saturated carbocycles. The monoisotopic (exact) mass is 384 g/mol. The lowest BCUT2D eigenvalue weighted by molar-refractivity contribution is 0.512. The van der Waals surface area contributed by atoms with E-state index in [1.807, 2.05) is 28.7 Å². The predicted molar refractivity (Wildman–Crippen MR) is 105 cm³/mol. The van der Waals surface area contributed by atoms with E-state index < -0.39 is 0 Å². The molecule has 1 aromatic carbocycles. The van der Waals surface area contributed by atoms with Gasteiger partial charge in [-0.25, -0.2) is 5.10 Å². The van der Waals surface area contributed by atoms with Crippen molar-refractivity contribution < 1.29 is 0 Å². The van der Waals surface area contributed by atoms with Crippen molar-refractivity contribution in [3.8, 4) is 0 Å². The van der Waals surface area contributed by atoms with Crippen molar-refractivity contribution in [3.05, 3.63) is 40.4 Å². The van der Waals surface area contributed by atoms with Crippen molar-refractivity contribution in [3.63, 3.8) is 0 Å². The van der Waals surface area contributed by atoms with Crippen LogP contribution in [-0.4, -0.2) is 34.3 Å². The lowest BCUT2D eigenvalue weighted by Crippen LogP contribution is -2.24. The summed E-state index contributed by atoms with van der Waals surface area (Å²) in [5, 5.41) is 16.5. The van der Waals surface area contributed by atoms with Gasteiger partial charge in [0.1, 0.15) is 5.82 Å². The highest BCUT2D eigenvalue weighted by molar-refractivity contribution is 7.98. The van der Waals surface area contributed by atoms with Crippen LogP contribution in [0.25, 0.3) is 16.7 Å². The molecule has 0 aliphatic heterocycles. The molecule has 0 aliphatic rings. The zero-order valence-corrected chi connectivity index (χ0v) is 15.9. The summed E-state index contributed by atoms with van der Waals surface area (Å²) >= 11 is 1.41. The number of nitrogens with zero attached hydrogens (tertiary/aromatic N) is 6. The second-order valence-corrected chi connectivity index (χ2v) is 7.64. The van der Waals surface area contributed by atoms with E-state index in [2.05, 4.69) is 39.2 Å². The average molecular weight is 384 g/mol. The van der Waals surface area contributed by atoms with E-state index in [-0.39, 0.29) is 11.5 Å². The standard InChI is InChI=1S/C17H20N8OS/c1-10(2)7-8-24-14(26)11-5-3-4-6-12(11)25-13(20-23-17(24)25)9-27-16-19-15(18)21-22-16/h3-6,10H,7-9H2,1-2H3,(H3,18,19,21,22). The first kappa shape index (κ1) is 17.5. The lowest BCUT2D eigenvalue weighted by Gasteiger charge is -2.12. The number of thioether (sulfide) groups is 1. The van der Waals surface area contributed by atoms with Gasteiger partial charge in [-0.2, -0.15) is 4.98 Å². The number of nitrogens with one attached hydrogen (secondary N) is 1.